The number of anilines is 1. The van der Waals surface area contributed by atoms with Crippen molar-refractivity contribution in [2.75, 3.05) is 11.5 Å². The van der Waals surface area contributed by atoms with E-state index in [4.69, 9.17) is 4.74 Å². The van der Waals surface area contributed by atoms with Gasteiger partial charge < -0.3 is 9.30 Å². The third-order valence-corrected chi connectivity index (χ3v) is 6.51. The van der Waals surface area contributed by atoms with Gasteiger partial charge in [0, 0.05) is 22.7 Å². The Morgan fingerprint density at radius 2 is 1.65 bits per heavy atom. The van der Waals surface area contributed by atoms with E-state index in [-0.39, 0.29) is 5.57 Å². The van der Waals surface area contributed by atoms with Gasteiger partial charge >= 0.3 is 6.03 Å². The highest BCUT2D eigenvalue weighted by Crippen LogP contribution is 2.27. The average molecular weight is 494 g/mol. The molecule has 0 unspecified atom stereocenters. The first-order valence-corrected chi connectivity index (χ1v) is 12.2. The number of aryl methyl sites for hydroxylation is 2. The first kappa shape index (κ1) is 24.1. The Morgan fingerprint density at radius 1 is 0.919 bits per heavy atom. The van der Waals surface area contributed by atoms with E-state index in [0.29, 0.717) is 24.4 Å². The molecule has 1 fully saturated rings. The van der Waals surface area contributed by atoms with Crippen LogP contribution in [0.15, 0.2) is 84.6 Å². The van der Waals surface area contributed by atoms with Crippen molar-refractivity contribution >= 4 is 40.5 Å². The van der Waals surface area contributed by atoms with Crippen LogP contribution in [0.4, 0.5) is 10.5 Å². The first-order chi connectivity index (χ1) is 18.0. The maximum atomic E-state index is 13.4. The second-order valence-electron chi connectivity index (χ2n) is 8.89. The van der Waals surface area contributed by atoms with Gasteiger partial charge in [0.2, 0.25) is 0 Å². The third kappa shape index (κ3) is 4.76. The Bertz CT molecular complexity index is 1530. The van der Waals surface area contributed by atoms with Gasteiger partial charge in [0.05, 0.1) is 12.2 Å². The van der Waals surface area contributed by atoms with E-state index >= 15 is 0 Å². The minimum Gasteiger partial charge on any atom is -0.491 e. The van der Waals surface area contributed by atoms with Gasteiger partial charge in [-0.05, 0) is 54.8 Å². The summed E-state index contributed by atoms with van der Waals surface area (Å²) in [7, 11) is 0. The number of ether oxygens (including phenoxy) is 1. The van der Waals surface area contributed by atoms with Crippen LogP contribution in [0.2, 0.25) is 0 Å². The van der Waals surface area contributed by atoms with Gasteiger partial charge in [-0.25, -0.2) is 9.69 Å². The Kier molecular flexibility index (Phi) is 6.60. The van der Waals surface area contributed by atoms with E-state index in [1.54, 1.807) is 18.2 Å². The number of nitrogens with zero attached hydrogens (tertiary/aromatic N) is 2. The number of carbonyl (C=O) groups excluding carboxylic acids is 3. The molecule has 186 valence electrons. The molecule has 1 aliphatic heterocycles. The molecule has 0 aliphatic carbocycles. The van der Waals surface area contributed by atoms with Crippen LogP contribution in [-0.4, -0.2) is 29.0 Å². The van der Waals surface area contributed by atoms with Crippen molar-refractivity contribution in [3.8, 4) is 5.75 Å². The molecule has 0 bridgehead atoms. The number of hydrogen-bond acceptors (Lipinski definition) is 4. The number of barbiturate groups is 1. The summed E-state index contributed by atoms with van der Waals surface area (Å²) in [6.45, 7) is 5.06. The van der Waals surface area contributed by atoms with Crippen molar-refractivity contribution in [1.29, 1.82) is 0 Å². The fourth-order valence-electron chi connectivity index (χ4n) is 4.48. The summed E-state index contributed by atoms with van der Waals surface area (Å²) < 4.78 is 8.01. The number of urea groups is 1. The van der Waals surface area contributed by atoms with Gasteiger partial charge in [0.15, 0.2) is 0 Å². The van der Waals surface area contributed by atoms with E-state index in [0.717, 1.165) is 39.1 Å². The lowest BCUT2D eigenvalue weighted by Crippen LogP contribution is -2.54. The average Bonchev–Trinajstić information content (AvgIpc) is 3.25. The van der Waals surface area contributed by atoms with Crippen LogP contribution in [0.5, 0.6) is 5.75 Å². The zero-order valence-corrected chi connectivity index (χ0v) is 20.7. The highest BCUT2D eigenvalue weighted by molar-refractivity contribution is 6.39. The van der Waals surface area contributed by atoms with Crippen LogP contribution in [0.3, 0.4) is 0 Å². The molecule has 4 aromatic rings. The molecule has 1 aliphatic rings. The highest BCUT2D eigenvalue weighted by Gasteiger charge is 2.37. The second-order valence-corrected chi connectivity index (χ2v) is 8.89. The molecule has 5 rings (SSSR count). The number of carbonyl (C=O) groups is 3. The molecule has 37 heavy (non-hydrogen) atoms. The van der Waals surface area contributed by atoms with Crippen molar-refractivity contribution in [3.05, 3.63) is 101 Å². The SMILES string of the molecule is CCc1ccc(N2C(=O)NC(=O)/C(=C/c3cn(CCOc4ccccc4C)c4ccccc34)C2=O)cc1. The smallest absolute Gasteiger partial charge is 0.335 e. The molecule has 1 N–H and O–H groups in total. The third-order valence-electron chi connectivity index (χ3n) is 6.51. The van der Waals surface area contributed by atoms with E-state index in [2.05, 4.69) is 5.32 Å². The van der Waals surface area contributed by atoms with E-state index in [9.17, 15) is 14.4 Å². The number of nitrogens with one attached hydrogen (secondary N) is 1. The van der Waals surface area contributed by atoms with Gasteiger partial charge in [0.25, 0.3) is 11.8 Å². The van der Waals surface area contributed by atoms with Gasteiger partial charge in [-0.1, -0.05) is 55.5 Å². The van der Waals surface area contributed by atoms with Crippen LogP contribution in [-0.2, 0) is 22.6 Å². The predicted molar refractivity (Wildman–Crippen MR) is 143 cm³/mol. The quantitative estimate of drug-likeness (QED) is 0.281. The fourth-order valence-corrected chi connectivity index (χ4v) is 4.48. The zero-order valence-electron chi connectivity index (χ0n) is 20.7. The number of rotatable bonds is 7. The number of aromatic nitrogens is 1. The summed E-state index contributed by atoms with van der Waals surface area (Å²) in [5, 5.41) is 3.19. The molecule has 0 atom stereocenters. The Morgan fingerprint density at radius 3 is 2.41 bits per heavy atom. The lowest BCUT2D eigenvalue weighted by atomic mass is 10.1. The van der Waals surface area contributed by atoms with Crippen LogP contribution >= 0.6 is 0 Å². The number of benzene rings is 3. The summed E-state index contributed by atoms with van der Waals surface area (Å²) in [6, 6.07) is 22.0. The monoisotopic (exact) mass is 493 g/mol. The summed E-state index contributed by atoms with van der Waals surface area (Å²) in [4.78, 5) is 39.7. The Balaban J connectivity index is 1.45. The lowest BCUT2D eigenvalue weighted by Gasteiger charge is -2.26. The molecule has 7 heteroatoms. The summed E-state index contributed by atoms with van der Waals surface area (Å²) in [5.74, 6) is -0.531. The number of imide groups is 2. The highest BCUT2D eigenvalue weighted by atomic mass is 16.5. The molecule has 1 saturated heterocycles. The standard InChI is InChI=1S/C30H27N3O4/c1-3-21-12-14-23(15-13-21)33-29(35)25(28(34)31-30(33)36)18-22-19-32(26-10-6-5-9-24(22)26)16-17-37-27-11-7-4-8-20(27)2/h4-15,18-19H,3,16-17H2,1-2H3,(H,31,34,36)/b25-18-. The molecule has 2 heterocycles. The van der Waals surface area contributed by atoms with Gasteiger partial charge in [-0.15, -0.1) is 0 Å². The molecule has 1 aromatic heterocycles. The van der Waals surface area contributed by atoms with Crippen LogP contribution in [0.25, 0.3) is 17.0 Å². The van der Waals surface area contributed by atoms with E-state index in [1.807, 2.05) is 85.3 Å². The molecular formula is C30H27N3O4. The minimum absolute atomic E-state index is 0.0989. The Labute approximate surface area is 215 Å². The maximum Gasteiger partial charge on any atom is 0.335 e. The molecule has 0 saturated carbocycles. The number of amides is 4. The lowest BCUT2D eigenvalue weighted by molar-refractivity contribution is -0.122. The van der Waals surface area contributed by atoms with Crippen LogP contribution in [0, 0.1) is 6.92 Å². The van der Waals surface area contributed by atoms with Crippen molar-refractivity contribution in [2.45, 2.75) is 26.8 Å². The van der Waals surface area contributed by atoms with Crippen molar-refractivity contribution < 1.29 is 19.1 Å². The van der Waals surface area contributed by atoms with E-state index < -0.39 is 17.8 Å². The van der Waals surface area contributed by atoms with E-state index in [1.165, 1.54) is 0 Å². The van der Waals surface area contributed by atoms with Crippen molar-refractivity contribution in [1.82, 2.24) is 9.88 Å². The molecule has 4 amide bonds. The first-order valence-electron chi connectivity index (χ1n) is 12.2. The molecule has 7 nitrogen and oxygen atoms in total. The summed E-state index contributed by atoms with van der Waals surface area (Å²) >= 11 is 0. The molecule has 3 aromatic carbocycles. The molecule has 0 radical (unpaired) electrons. The zero-order chi connectivity index (χ0) is 25.9. The summed E-state index contributed by atoms with van der Waals surface area (Å²) in [6.07, 6.45) is 4.29. The largest absolute Gasteiger partial charge is 0.491 e. The van der Waals surface area contributed by atoms with Gasteiger partial charge in [-0.3, -0.25) is 14.9 Å². The van der Waals surface area contributed by atoms with Crippen molar-refractivity contribution in [3.63, 3.8) is 0 Å². The number of para-hydroxylation sites is 2. The topological polar surface area (TPSA) is 80.6 Å². The normalized spacial score (nSPS) is 14.9. The summed E-state index contributed by atoms with van der Waals surface area (Å²) in [5.41, 5.74) is 4.12. The molecular weight excluding hydrogens is 466 g/mol. The Hall–Kier alpha value is -4.65. The predicted octanol–water partition coefficient (Wildman–Crippen LogP) is 5.26. The maximum absolute atomic E-state index is 13.4. The second kappa shape index (κ2) is 10.1. The molecule has 0 spiro atoms. The van der Waals surface area contributed by atoms with Crippen molar-refractivity contribution in [2.24, 2.45) is 0 Å². The van der Waals surface area contributed by atoms with Gasteiger partial charge in [-0.2, -0.15) is 0 Å². The van der Waals surface area contributed by atoms with Crippen LogP contribution < -0.4 is 15.0 Å². The fraction of sp³-hybridized carbons (Fsp3) is 0.167. The van der Waals surface area contributed by atoms with Gasteiger partial charge in [0.1, 0.15) is 17.9 Å². The number of hydrogen-bond donors (Lipinski definition) is 1. The number of fused-ring (bicyclic) bond motifs is 1. The van der Waals surface area contributed by atoms with Crippen LogP contribution in [0.1, 0.15) is 23.6 Å². The minimum atomic E-state index is -0.757.